The fraction of sp³-hybridized carbons (Fsp3) is 0.167. The number of carbonyl (C=O) groups excluding carboxylic acids is 1. The zero-order chi connectivity index (χ0) is 13.8. The SMILES string of the molecule is CCn1nc(-c2ccccn2)cc(C(=O)NN)c1=O. The van der Waals surface area contributed by atoms with Gasteiger partial charge in [0, 0.05) is 12.7 Å². The summed E-state index contributed by atoms with van der Waals surface area (Å²) < 4.78 is 1.20. The third-order valence-electron chi connectivity index (χ3n) is 2.58. The summed E-state index contributed by atoms with van der Waals surface area (Å²) in [7, 11) is 0. The minimum Gasteiger partial charge on any atom is -0.290 e. The molecule has 3 N–H and O–H groups in total. The summed E-state index contributed by atoms with van der Waals surface area (Å²) in [5, 5.41) is 4.16. The van der Waals surface area contributed by atoms with Crippen LogP contribution < -0.4 is 16.8 Å². The topological polar surface area (TPSA) is 103 Å². The molecule has 0 atom stereocenters. The third kappa shape index (κ3) is 2.50. The number of aryl methyl sites for hydroxylation is 1. The van der Waals surface area contributed by atoms with Gasteiger partial charge in [-0.3, -0.25) is 20.0 Å². The highest BCUT2D eigenvalue weighted by Crippen LogP contribution is 2.12. The first-order chi connectivity index (χ1) is 9.17. The fourth-order valence-corrected chi connectivity index (χ4v) is 1.64. The van der Waals surface area contributed by atoms with Crippen LogP contribution in [0.5, 0.6) is 0 Å². The molecule has 0 aromatic carbocycles. The van der Waals surface area contributed by atoms with E-state index >= 15 is 0 Å². The van der Waals surface area contributed by atoms with Crippen molar-refractivity contribution in [3.63, 3.8) is 0 Å². The summed E-state index contributed by atoms with van der Waals surface area (Å²) in [6.45, 7) is 2.12. The van der Waals surface area contributed by atoms with E-state index in [1.807, 2.05) is 5.43 Å². The van der Waals surface area contributed by atoms with Gasteiger partial charge >= 0.3 is 0 Å². The molecule has 2 aromatic rings. The number of hydrogen-bond acceptors (Lipinski definition) is 5. The fourth-order valence-electron chi connectivity index (χ4n) is 1.64. The van der Waals surface area contributed by atoms with E-state index in [1.165, 1.54) is 10.7 Å². The second-order valence-corrected chi connectivity index (χ2v) is 3.75. The van der Waals surface area contributed by atoms with Crippen LogP contribution >= 0.6 is 0 Å². The Morgan fingerprint density at radius 2 is 2.21 bits per heavy atom. The molecule has 0 aliphatic carbocycles. The summed E-state index contributed by atoms with van der Waals surface area (Å²) in [6, 6.07) is 6.71. The van der Waals surface area contributed by atoms with Gasteiger partial charge in [-0.1, -0.05) is 6.07 Å². The first-order valence-corrected chi connectivity index (χ1v) is 5.72. The Bertz CT molecular complexity index is 651. The Balaban J connectivity index is 2.64. The van der Waals surface area contributed by atoms with Crippen LogP contribution in [-0.4, -0.2) is 20.7 Å². The number of hydrazine groups is 1. The zero-order valence-corrected chi connectivity index (χ0v) is 10.3. The van der Waals surface area contributed by atoms with E-state index in [1.54, 1.807) is 31.3 Å². The molecule has 0 fully saturated rings. The van der Waals surface area contributed by atoms with Crippen molar-refractivity contribution in [2.24, 2.45) is 5.84 Å². The van der Waals surface area contributed by atoms with E-state index in [-0.39, 0.29) is 5.56 Å². The summed E-state index contributed by atoms with van der Waals surface area (Å²) in [6.07, 6.45) is 1.61. The average Bonchev–Trinajstić information content (AvgIpc) is 2.47. The van der Waals surface area contributed by atoms with Crippen molar-refractivity contribution in [3.8, 4) is 11.4 Å². The maximum Gasteiger partial charge on any atom is 0.279 e. The van der Waals surface area contributed by atoms with Gasteiger partial charge in [-0.05, 0) is 25.1 Å². The number of pyridine rings is 1. The number of amides is 1. The maximum absolute atomic E-state index is 11.9. The molecule has 98 valence electrons. The van der Waals surface area contributed by atoms with Crippen LogP contribution in [0, 0.1) is 0 Å². The second kappa shape index (κ2) is 5.40. The number of nitrogens with zero attached hydrogens (tertiary/aromatic N) is 3. The van der Waals surface area contributed by atoms with E-state index in [9.17, 15) is 9.59 Å². The van der Waals surface area contributed by atoms with Gasteiger partial charge in [0.25, 0.3) is 11.5 Å². The molecule has 0 saturated carbocycles. The lowest BCUT2D eigenvalue weighted by Gasteiger charge is -2.07. The molecular weight excluding hydrogens is 246 g/mol. The van der Waals surface area contributed by atoms with Crippen molar-refractivity contribution in [2.75, 3.05) is 0 Å². The quantitative estimate of drug-likeness (QED) is 0.456. The predicted molar refractivity (Wildman–Crippen MR) is 69.1 cm³/mol. The lowest BCUT2D eigenvalue weighted by atomic mass is 10.2. The molecule has 2 aromatic heterocycles. The molecule has 0 aliphatic rings. The monoisotopic (exact) mass is 259 g/mol. The van der Waals surface area contributed by atoms with Crippen molar-refractivity contribution in [1.82, 2.24) is 20.2 Å². The van der Waals surface area contributed by atoms with Crippen LogP contribution in [0.15, 0.2) is 35.3 Å². The second-order valence-electron chi connectivity index (χ2n) is 3.75. The minimum atomic E-state index is -0.646. The molecule has 7 nitrogen and oxygen atoms in total. The molecule has 0 radical (unpaired) electrons. The number of nitrogen functional groups attached to an aromatic ring is 1. The van der Waals surface area contributed by atoms with Crippen LogP contribution in [0.1, 0.15) is 17.3 Å². The molecule has 0 spiro atoms. The summed E-state index contributed by atoms with van der Waals surface area (Å²) in [5.41, 5.74) is 2.44. The van der Waals surface area contributed by atoms with Gasteiger partial charge in [0.05, 0.1) is 5.69 Å². The molecule has 0 aliphatic heterocycles. The number of aromatic nitrogens is 3. The molecule has 2 rings (SSSR count). The van der Waals surface area contributed by atoms with Crippen LogP contribution in [0.25, 0.3) is 11.4 Å². The third-order valence-corrected chi connectivity index (χ3v) is 2.58. The van der Waals surface area contributed by atoms with Crippen molar-refractivity contribution in [2.45, 2.75) is 13.5 Å². The van der Waals surface area contributed by atoms with E-state index in [0.29, 0.717) is 17.9 Å². The summed E-state index contributed by atoms with van der Waals surface area (Å²) >= 11 is 0. The van der Waals surface area contributed by atoms with Crippen molar-refractivity contribution < 1.29 is 4.79 Å². The van der Waals surface area contributed by atoms with E-state index in [0.717, 1.165) is 0 Å². The number of rotatable bonds is 3. The molecule has 0 bridgehead atoms. The average molecular weight is 259 g/mol. The van der Waals surface area contributed by atoms with E-state index in [4.69, 9.17) is 5.84 Å². The molecule has 7 heteroatoms. The minimum absolute atomic E-state index is 0.0556. The smallest absolute Gasteiger partial charge is 0.279 e. The highest BCUT2D eigenvalue weighted by molar-refractivity contribution is 5.94. The maximum atomic E-state index is 11.9. The van der Waals surface area contributed by atoms with Gasteiger partial charge in [-0.25, -0.2) is 10.5 Å². The van der Waals surface area contributed by atoms with Crippen molar-refractivity contribution >= 4 is 5.91 Å². The molecule has 0 saturated heterocycles. The highest BCUT2D eigenvalue weighted by atomic mass is 16.2. The van der Waals surface area contributed by atoms with Crippen LogP contribution in [0.2, 0.25) is 0 Å². The zero-order valence-electron chi connectivity index (χ0n) is 10.3. The lowest BCUT2D eigenvalue weighted by Crippen LogP contribution is -2.37. The van der Waals surface area contributed by atoms with Crippen LogP contribution in [0.4, 0.5) is 0 Å². The summed E-state index contributed by atoms with van der Waals surface area (Å²) in [5.74, 6) is 4.42. The number of nitrogens with one attached hydrogen (secondary N) is 1. The number of nitrogens with two attached hydrogens (primary N) is 1. The van der Waals surface area contributed by atoms with Crippen LogP contribution in [0.3, 0.4) is 0 Å². The van der Waals surface area contributed by atoms with Crippen molar-refractivity contribution in [1.29, 1.82) is 0 Å². The molecular formula is C12H13N5O2. The van der Waals surface area contributed by atoms with Crippen molar-refractivity contribution in [3.05, 3.63) is 46.4 Å². The lowest BCUT2D eigenvalue weighted by molar-refractivity contribution is 0.0951. The molecule has 1 amide bonds. The molecule has 2 heterocycles. The molecule has 19 heavy (non-hydrogen) atoms. The Kier molecular flexibility index (Phi) is 3.67. The van der Waals surface area contributed by atoms with E-state index in [2.05, 4.69) is 10.1 Å². The van der Waals surface area contributed by atoms with Gasteiger partial charge < -0.3 is 0 Å². The number of hydrogen-bond donors (Lipinski definition) is 2. The van der Waals surface area contributed by atoms with Gasteiger partial charge in [-0.2, -0.15) is 5.10 Å². The van der Waals surface area contributed by atoms with Gasteiger partial charge in [-0.15, -0.1) is 0 Å². The Hall–Kier alpha value is -2.54. The Morgan fingerprint density at radius 3 is 2.79 bits per heavy atom. The Morgan fingerprint density at radius 1 is 1.42 bits per heavy atom. The Labute approximate surface area is 109 Å². The van der Waals surface area contributed by atoms with Gasteiger partial charge in [0.1, 0.15) is 11.3 Å². The largest absolute Gasteiger partial charge is 0.290 e. The molecule has 0 unspecified atom stereocenters. The number of carbonyl (C=O) groups is 1. The summed E-state index contributed by atoms with van der Waals surface area (Å²) in [4.78, 5) is 27.7. The van der Waals surface area contributed by atoms with Gasteiger partial charge in [0.15, 0.2) is 0 Å². The van der Waals surface area contributed by atoms with E-state index < -0.39 is 11.5 Å². The first kappa shape index (κ1) is 12.9. The highest BCUT2D eigenvalue weighted by Gasteiger charge is 2.15. The van der Waals surface area contributed by atoms with Gasteiger partial charge in [0.2, 0.25) is 0 Å². The normalized spacial score (nSPS) is 10.2. The predicted octanol–water partition coefficient (Wildman–Crippen LogP) is -0.0713. The van der Waals surface area contributed by atoms with Crippen LogP contribution in [-0.2, 0) is 6.54 Å². The standard InChI is InChI=1S/C12H13N5O2/c1-2-17-12(19)8(11(18)15-13)7-10(16-17)9-5-3-4-6-14-9/h3-7H,2,13H2,1H3,(H,15,18). The first-order valence-electron chi connectivity index (χ1n) is 5.72.